The van der Waals surface area contributed by atoms with E-state index in [1.54, 1.807) is 6.07 Å². The zero-order valence-electron chi connectivity index (χ0n) is 14.8. The summed E-state index contributed by atoms with van der Waals surface area (Å²) in [7, 11) is 0. The van der Waals surface area contributed by atoms with Crippen molar-refractivity contribution in [2.75, 3.05) is 31.1 Å². The van der Waals surface area contributed by atoms with Crippen LogP contribution in [0.4, 0.5) is 5.82 Å². The number of nitrogens with zero attached hydrogens (tertiary/aromatic N) is 3. The lowest BCUT2D eigenvalue weighted by atomic mass is 10.2. The van der Waals surface area contributed by atoms with Crippen LogP contribution in [-0.4, -0.2) is 46.8 Å². The Hall–Kier alpha value is -2.86. The third-order valence-corrected chi connectivity index (χ3v) is 4.83. The molecule has 0 bridgehead atoms. The van der Waals surface area contributed by atoms with Crippen molar-refractivity contribution in [2.24, 2.45) is 0 Å². The highest BCUT2D eigenvalue weighted by Crippen LogP contribution is 2.23. The molecule has 3 aromatic rings. The van der Waals surface area contributed by atoms with Crippen LogP contribution >= 0.6 is 0 Å². The molecule has 0 saturated carbocycles. The average molecular weight is 350 g/mol. The van der Waals surface area contributed by atoms with E-state index >= 15 is 0 Å². The van der Waals surface area contributed by atoms with Crippen LogP contribution in [-0.2, 0) is 6.54 Å². The first kappa shape index (κ1) is 16.6. The van der Waals surface area contributed by atoms with E-state index in [2.05, 4.69) is 10.2 Å². The number of benzene rings is 1. The van der Waals surface area contributed by atoms with Gasteiger partial charge in [0.15, 0.2) is 0 Å². The molecule has 0 spiro atoms. The Bertz CT molecular complexity index is 958. The summed E-state index contributed by atoms with van der Waals surface area (Å²) < 4.78 is 1.83. The van der Waals surface area contributed by atoms with Crippen LogP contribution in [0.15, 0.2) is 42.5 Å². The maximum absolute atomic E-state index is 11.7. The highest BCUT2D eigenvalue weighted by Gasteiger charge is 2.16. The fraction of sp³-hybridized carbons (Fsp3) is 0.300. The molecule has 3 heterocycles. The number of hydrogen-bond acceptors (Lipinski definition) is 4. The van der Waals surface area contributed by atoms with E-state index < -0.39 is 5.97 Å². The lowest BCUT2D eigenvalue weighted by molar-refractivity contribution is 0.0686. The molecular weight excluding hydrogens is 328 g/mol. The number of rotatable bonds is 4. The minimum atomic E-state index is -0.919. The zero-order valence-corrected chi connectivity index (χ0v) is 14.8. The molecule has 0 atom stereocenters. The molecule has 2 N–H and O–H groups in total. The van der Waals surface area contributed by atoms with Gasteiger partial charge in [-0.05, 0) is 37.3 Å². The second-order valence-electron chi connectivity index (χ2n) is 6.71. The van der Waals surface area contributed by atoms with Crippen LogP contribution in [0.2, 0.25) is 0 Å². The molecule has 26 heavy (non-hydrogen) atoms. The number of carbonyl (C=O) groups is 1. The molecule has 1 fully saturated rings. The Balaban J connectivity index is 1.70. The first-order valence-electron chi connectivity index (χ1n) is 8.86. The normalized spacial score (nSPS) is 14.7. The second kappa shape index (κ2) is 6.80. The van der Waals surface area contributed by atoms with Crippen LogP contribution < -0.4 is 10.2 Å². The summed E-state index contributed by atoms with van der Waals surface area (Å²) in [4.78, 5) is 18.8. The Morgan fingerprint density at radius 1 is 1.19 bits per heavy atom. The SMILES string of the molecule is Cc1ccc2c(c1)cc(C(=O)O)n2Cc1cccc(N2CCNCC2)n1. The number of anilines is 1. The van der Waals surface area contributed by atoms with Gasteiger partial charge in [0.1, 0.15) is 11.5 Å². The Labute approximate surface area is 152 Å². The summed E-state index contributed by atoms with van der Waals surface area (Å²) in [6.07, 6.45) is 0. The van der Waals surface area contributed by atoms with Crippen molar-refractivity contribution in [3.05, 3.63) is 59.4 Å². The largest absolute Gasteiger partial charge is 0.477 e. The monoisotopic (exact) mass is 350 g/mol. The molecule has 0 amide bonds. The van der Waals surface area contributed by atoms with Gasteiger partial charge in [-0.15, -0.1) is 0 Å². The second-order valence-corrected chi connectivity index (χ2v) is 6.71. The molecule has 4 rings (SSSR count). The quantitative estimate of drug-likeness (QED) is 0.757. The lowest BCUT2D eigenvalue weighted by Gasteiger charge is -2.28. The average Bonchev–Trinajstić information content (AvgIpc) is 3.00. The molecule has 2 aromatic heterocycles. The van der Waals surface area contributed by atoms with E-state index in [1.165, 1.54) is 0 Å². The van der Waals surface area contributed by atoms with Gasteiger partial charge < -0.3 is 19.9 Å². The number of carboxylic acids is 1. The number of aryl methyl sites for hydroxylation is 1. The predicted molar refractivity (Wildman–Crippen MR) is 102 cm³/mol. The highest BCUT2D eigenvalue weighted by molar-refractivity contribution is 5.94. The Kier molecular flexibility index (Phi) is 4.34. The van der Waals surface area contributed by atoms with Crippen molar-refractivity contribution in [3.8, 4) is 0 Å². The van der Waals surface area contributed by atoms with Crippen LogP contribution in [0.5, 0.6) is 0 Å². The van der Waals surface area contributed by atoms with Gasteiger partial charge in [-0.3, -0.25) is 0 Å². The predicted octanol–water partition coefficient (Wildman–Crippen LogP) is 2.50. The number of pyridine rings is 1. The molecule has 0 radical (unpaired) electrons. The third kappa shape index (κ3) is 3.15. The van der Waals surface area contributed by atoms with Gasteiger partial charge >= 0.3 is 5.97 Å². The zero-order chi connectivity index (χ0) is 18.1. The van der Waals surface area contributed by atoms with E-state index in [0.29, 0.717) is 12.2 Å². The summed E-state index contributed by atoms with van der Waals surface area (Å²) in [6.45, 7) is 6.22. The van der Waals surface area contributed by atoms with Crippen LogP contribution in [0.1, 0.15) is 21.7 Å². The third-order valence-electron chi connectivity index (χ3n) is 4.83. The van der Waals surface area contributed by atoms with Crippen molar-refractivity contribution in [2.45, 2.75) is 13.5 Å². The summed E-state index contributed by atoms with van der Waals surface area (Å²) in [5.41, 5.74) is 3.19. The van der Waals surface area contributed by atoms with Gasteiger partial charge in [0, 0.05) is 37.1 Å². The maximum atomic E-state index is 11.7. The van der Waals surface area contributed by atoms with E-state index in [1.807, 2.05) is 47.9 Å². The molecule has 1 aromatic carbocycles. The minimum Gasteiger partial charge on any atom is -0.477 e. The van der Waals surface area contributed by atoms with Crippen molar-refractivity contribution in [1.82, 2.24) is 14.9 Å². The number of aromatic carboxylic acids is 1. The summed E-state index contributed by atoms with van der Waals surface area (Å²) in [5, 5.41) is 13.9. The number of hydrogen-bond donors (Lipinski definition) is 2. The van der Waals surface area contributed by atoms with Crippen LogP contribution in [0.3, 0.4) is 0 Å². The van der Waals surface area contributed by atoms with Gasteiger partial charge in [0.25, 0.3) is 0 Å². The molecule has 0 aliphatic carbocycles. The lowest BCUT2D eigenvalue weighted by Crippen LogP contribution is -2.43. The van der Waals surface area contributed by atoms with Crippen molar-refractivity contribution < 1.29 is 9.90 Å². The fourth-order valence-corrected chi connectivity index (χ4v) is 3.52. The summed E-state index contributed by atoms with van der Waals surface area (Å²) >= 11 is 0. The van der Waals surface area contributed by atoms with Gasteiger partial charge in [-0.2, -0.15) is 0 Å². The van der Waals surface area contributed by atoms with Gasteiger partial charge in [0.05, 0.1) is 12.2 Å². The molecule has 0 unspecified atom stereocenters. The molecule has 1 aliphatic heterocycles. The topological polar surface area (TPSA) is 70.4 Å². The Morgan fingerprint density at radius 2 is 2.00 bits per heavy atom. The first-order chi connectivity index (χ1) is 12.6. The van der Waals surface area contributed by atoms with E-state index in [4.69, 9.17) is 4.98 Å². The molecule has 134 valence electrons. The van der Waals surface area contributed by atoms with E-state index in [0.717, 1.165) is 54.2 Å². The fourth-order valence-electron chi connectivity index (χ4n) is 3.52. The van der Waals surface area contributed by atoms with Gasteiger partial charge in [0.2, 0.25) is 0 Å². The maximum Gasteiger partial charge on any atom is 0.352 e. The van der Waals surface area contributed by atoms with Gasteiger partial charge in [-0.1, -0.05) is 17.7 Å². The minimum absolute atomic E-state index is 0.292. The van der Waals surface area contributed by atoms with Crippen LogP contribution in [0, 0.1) is 6.92 Å². The smallest absolute Gasteiger partial charge is 0.352 e. The van der Waals surface area contributed by atoms with Crippen LogP contribution in [0.25, 0.3) is 10.9 Å². The summed E-state index contributed by atoms with van der Waals surface area (Å²) in [6, 6.07) is 13.7. The number of piperazine rings is 1. The molecule has 1 aliphatic rings. The first-order valence-corrected chi connectivity index (χ1v) is 8.86. The number of carboxylic acid groups (broad SMARTS) is 1. The van der Waals surface area contributed by atoms with Crippen molar-refractivity contribution in [1.29, 1.82) is 0 Å². The Morgan fingerprint density at radius 3 is 2.77 bits per heavy atom. The number of aromatic nitrogens is 2. The molecule has 6 nitrogen and oxygen atoms in total. The molecule has 1 saturated heterocycles. The number of fused-ring (bicyclic) bond motifs is 1. The van der Waals surface area contributed by atoms with Crippen molar-refractivity contribution in [3.63, 3.8) is 0 Å². The standard InChI is InChI=1S/C20H22N4O2/c1-14-5-6-17-15(11-14)12-18(20(25)26)24(17)13-16-3-2-4-19(22-16)23-9-7-21-8-10-23/h2-6,11-12,21H,7-10,13H2,1H3,(H,25,26). The van der Waals surface area contributed by atoms with E-state index in [-0.39, 0.29) is 0 Å². The van der Waals surface area contributed by atoms with Crippen molar-refractivity contribution >= 4 is 22.7 Å². The number of nitrogens with one attached hydrogen (secondary N) is 1. The highest BCUT2D eigenvalue weighted by atomic mass is 16.4. The van der Waals surface area contributed by atoms with Gasteiger partial charge in [-0.25, -0.2) is 9.78 Å². The summed E-state index contributed by atoms with van der Waals surface area (Å²) in [5.74, 6) is 0.0327. The molecule has 6 heteroatoms. The molecular formula is C20H22N4O2. The van der Waals surface area contributed by atoms with E-state index in [9.17, 15) is 9.90 Å².